The van der Waals surface area contributed by atoms with E-state index in [0.717, 1.165) is 25.3 Å². The van der Waals surface area contributed by atoms with Crippen molar-refractivity contribution in [3.05, 3.63) is 29.8 Å². The molecule has 1 aromatic rings. The van der Waals surface area contributed by atoms with E-state index in [1.54, 1.807) is 0 Å². The Hall–Kier alpha value is -2.12. The number of hydrogen-bond acceptors (Lipinski definition) is 5. The Morgan fingerprint density at radius 1 is 1.04 bits per heavy atom. The summed E-state index contributed by atoms with van der Waals surface area (Å²) in [5, 5.41) is 18.1. The maximum absolute atomic E-state index is 9.10. The van der Waals surface area contributed by atoms with Crippen LogP contribution >= 0.6 is 0 Å². The number of carboxylic acid groups (broad SMARTS) is 2. The number of nitrogens with one attached hydrogen (secondary N) is 1. The lowest BCUT2D eigenvalue weighted by molar-refractivity contribution is -0.159. The number of carbonyl (C=O) groups is 2. The first kappa shape index (κ1) is 21.9. The minimum absolute atomic E-state index is 0.516. The summed E-state index contributed by atoms with van der Waals surface area (Å²) in [6.45, 7) is 9.27. The molecule has 0 amide bonds. The average molecular weight is 341 g/mol. The summed E-state index contributed by atoms with van der Waals surface area (Å²) in [6, 6.07) is 8.74. The predicted octanol–water partition coefficient (Wildman–Crippen LogP) is 1.80. The van der Waals surface area contributed by atoms with E-state index in [1.165, 1.54) is 5.56 Å². The average Bonchev–Trinajstić information content (AvgIpc) is 2.54. The molecule has 7 heteroatoms. The molecule has 0 bridgehead atoms. The summed E-state index contributed by atoms with van der Waals surface area (Å²) in [6.07, 6.45) is 1.06. The summed E-state index contributed by atoms with van der Waals surface area (Å²) >= 11 is 0. The quantitative estimate of drug-likeness (QED) is 0.464. The number of ether oxygens (including phenoxy) is 2. The highest BCUT2D eigenvalue weighted by Gasteiger charge is 2.04. The molecule has 0 unspecified atom stereocenters. The zero-order valence-electron chi connectivity index (χ0n) is 14.4. The summed E-state index contributed by atoms with van der Waals surface area (Å²) in [7, 11) is 0. The monoisotopic (exact) mass is 341 g/mol. The van der Waals surface area contributed by atoms with Crippen LogP contribution in [0.25, 0.3) is 0 Å². The second-order valence-corrected chi connectivity index (χ2v) is 5.18. The van der Waals surface area contributed by atoms with Crippen LogP contribution in [0.15, 0.2) is 24.3 Å². The van der Waals surface area contributed by atoms with Crippen molar-refractivity contribution in [3.8, 4) is 5.75 Å². The Balaban J connectivity index is 0.000000754. The van der Waals surface area contributed by atoms with Crippen LogP contribution in [-0.4, -0.2) is 54.6 Å². The molecule has 0 heterocycles. The number of aliphatic carboxylic acids is 2. The van der Waals surface area contributed by atoms with Gasteiger partial charge in [0, 0.05) is 12.6 Å². The van der Waals surface area contributed by atoms with Gasteiger partial charge in [0.05, 0.1) is 13.2 Å². The van der Waals surface area contributed by atoms with Crippen LogP contribution in [0.1, 0.15) is 26.3 Å². The first-order valence-electron chi connectivity index (χ1n) is 7.85. The lowest BCUT2D eigenvalue weighted by Crippen LogP contribution is -2.27. The van der Waals surface area contributed by atoms with Gasteiger partial charge in [0.1, 0.15) is 12.4 Å². The Morgan fingerprint density at radius 3 is 2.08 bits per heavy atom. The molecule has 0 saturated heterocycles. The molecule has 7 nitrogen and oxygen atoms in total. The molecule has 0 atom stereocenters. The molecule has 136 valence electrons. The van der Waals surface area contributed by atoms with E-state index in [1.807, 2.05) is 12.1 Å². The van der Waals surface area contributed by atoms with Gasteiger partial charge < -0.3 is 25.0 Å². The fraction of sp³-hybridized carbons (Fsp3) is 0.529. The largest absolute Gasteiger partial charge is 0.491 e. The molecule has 0 saturated carbocycles. The van der Waals surface area contributed by atoms with Gasteiger partial charge in [-0.3, -0.25) is 0 Å². The third kappa shape index (κ3) is 12.4. The summed E-state index contributed by atoms with van der Waals surface area (Å²) in [4.78, 5) is 18.2. The van der Waals surface area contributed by atoms with Crippen molar-refractivity contribution in [1.29, 1.82) is 0 Å². The highest BCUT2D eigenvalue weighted by Crippen LogP contribution is 2.12. The molecule has 0 aliphatic carbocycles. The fourth-order valence-corrected chi connectivity index (χ4v) is 1.56. The van der Waals surface area contributed by atoms with Crippen LogP contribution in [0.4, 0.5) is 0 Å². The van der Waals surface area contributed by atoms with Crippen molar-refractivity contribution in [1.82, 2.24) is 5.32 Å². The molecule has 0 spiro atoms. The highest BCUT2D eigenvalue weighted by molar-refractivity contribution is 6.27. The number of rotatable bonds is 9. The Kier molecular flexibility index (Phi) is 12.2. The number of hydrogen-bond donors (Lipinski definition) is 3. The minimum atomic E-state index is -1.82. The van der Waals surface area contributed by atoms with Crippen LogP contribution in [0, 0.1) is 0 Å². The molecule has 0 aliphatic heterocycles. The van der Waals surface area contributed by atoms with Crippen molar-refractivity contribution >= 4 is 11.9 Å². The number of benzene rings is 1. The Morgan fingerprint density at radius 2 is 1.62 bits per heavy atom. The Labute approximate surface area is 142 Å². The summed E-state index contributed by atoms with van der Waals surface area (Å²) in [5.41, 5.74) is 1.33. The zero-order valence-corrected chi connectivity index (χ0v) is 14.4. The SMILES string of the molecule is CCc1ccc(OCCOCCNC(C)C)cc1.O=C(O)C(=O)O. The maximum Gasteiger partial charge on any atom is 0.414 e. The molecular weight excluding hydrogens is 314 g/mol. The fourth-order valence-electron chi connectivity index (χ4n) is 1.56. The van der Waals surface area contributed by atoms with Crippen molar-refractivity contribution in [2.24, 2.45) is 0 Å². The first-order chi connectivity index (χ1) is 11.4. The topological polar surface area (TPSA) is 105 Å². The van der Waals surface area contributed by atoms with Gasteiger partial charge in [-0.1, -0.05) is 32.9 Å². The lowest BCUT2D eigenvalue weighted by atomic mass is 10.2. The third-order valence-electron chi connectivity index (χ3n) is 2.81. The lowest BCUT2D eigenvalue weighted by Gasteiger charge is -2.09. The van der Waals surface area contributed by atoms with Crippen LogP contribution in [-0.2, 0) is 20.7 Å². The molecule has 0 fully saturated rings. The van der Waals surface area contributed by atoms with Gasteiger partial charge in [0.2, 0.25) is 0 Å². The van der Waals surface area contributed by atoms with Gasteiger partial charge in [-0.05, 0) is 24.1 Å². The zero-order chi connectivity index (χ0) is 18.4. The van der Waals surface area contributed by atoms with Crippen molar-refractivity contribution in [2.45, 2.75) is 33.2 Å². The van der Waals surface area contributed by atoms with Crippen molar-refractivity contribution in [3.63, 3.8) is 0 Å². The standard InChI is InChI=1S/C15H25NO2.C2H2O4/c1-4-14-5-7-15(8-6-14)18-12-11-17-10-9-16-13(2)3;3-1(4)2(5)6/h5-8,13,16H,4,9-12H2,1-3H3;(H,3,4)(H,5,6). The molecule has 1 aromatic carbocycles. The molecule has 0 radical (unpaired) electrons. The molecule has 3 N–H and O–H groups in total. The van der Waals surface area contributed by atoms with E-state index in [9.17, 15) is 0 Å². The maximum atomic E-state index is 9.10. The molecule has 0 aliphatic rings. The van der Waals surface area contributed by atoms with Gasteiger partial charge in [-0.25, -0.2) is 9.59 Å². The smallest absolute Gasteiger partial charge is 0.414 e. The van der Waals surface area contributed by atoms with Crippen LogP contribution < -0.4 is 10.1 Å². The summed E-state index contributed by atoms with van der Waals surface area (Å²) < 4.78 is 11.1. The second-order valence-electron chi connectivity index (χ2n) is 5.18. The molecular formula is C17H27NO6. The highest BCUT2D eigenvalue weighted by atomic mass is 16.5. The molecule has 0 aromatic heterocycles. The van der Waals surface area contributed by atoms with E-state index in [4.69, 9.17) is 29.3 Å². The first-order valence-corrected chi connectivity index (χ1v) is 7.85. The van der Waals surface area contributed by atoms with E-state index < -0.39 is 11.9 Å². The van der Waals surface area contributed by atoms with Gasteiger partial charge >= 0.3 is 11.9 Å². The normalized spacial score (nSPS) is 10.0. The van der Waals surface area contributed by atoms with Crippen LogP contribution in [0.3, 0.4) is 0 Å². The van der Waals surface area contributed by atoms with E-state index >= 15 is 0 Å². The van der Waals surface area contributed by atoms with Gasteiger partial charge in [0.15, 0.2) is 0 Å². The predicted molar refractivity (Wildman–Crippen MR) is 90.5 cm³/mol. The van der Waals surface area contributed by atoms with Crippen molar-refractivity contribution < 1.29 is 29.3 Å². The van der Waals surface area contributed by atoms with Gasteiger partial charge in [0.25, 0.3) is 0 Å². The van der Waals surface area contributed by atoms with Crippen LogP contribution in [0.5, 0.6) is 5.75 Å². The molecule has 1 rings (SSSR count). The van der Waals surface area contributed by atoms with E-state index in [-0.39, 0.29) is 0 Å². The second kappa shape index (κ2) is 13.3. The van der Waals surface area contributed by atoms with Crippen molar-refractivity contribution in [2.75, 3.05) is 26.4 Å². The van der Waals surface area contributed by atoms with Gasteiger partial charge in [-0.15, -0.1) is 0 Å². The molecule has 24 heavy (non-hydrogen) atoms. The minimum Gasteiger partial charge on any atom is -0.491 e. The Bertz CT molecular complexity index is 460. The van der Waals surface area contributed by atoms with E-state index in [2.05, 4.69) is 38.2 Å². The summed E-state index contributed by atoms with van der Waals surface area (Å²) in [5.74, 6) is -2.74. The third-order valence-corrected chi connectivity index (χ3v) is 2.81. The van der Waals surface area contributed by atoms with Crippen LogP contribution in [0.2, 0.25) is 0 Å². The number of carboxylic acids is 2. The van der Waals surface area contributed by atoms with Gasteiger partial charge in [-0.2, -0.15) is 0 Å². The number of aryl methyl sites for hydroxylation is 1. The van der Waals surface area contributed by atoms with E-state index in [0.29, 0.717) is 19.3 Å².